The molecule has 0 spiro atoms. The van der Waals surface area contributed by atoms with E-state index in [1.165, 1.54) is 25.3 Å². The van der Waals surface area contributed by atoms with E-state index < -0.39 is 16.1 Å². The maximum absolute atomic E-state index is 13.1. The Balaban J connectivity index is 1.35. The number of carbonyl (C=O) groups is 2. The molecule has 0 N–H and O–H groups in total. The van der Waals surface area contributed by atoms with E-state index >= 15 is 0 Å². The maximum Gasteiger partial charge on any atom is 0.293 e. The van der Waals surface area contributed by atoms with Gasteiger partial charge in [0.05, 0.1) is 23.5 Å². The number of amides is 2. The summed E-state index contributed by atoms with van der Waals surface area (Å²) in [7, 11) is 1.53. The quantitative estimate of drug-likeness (QED) is 0.118. The molecule has 1 aliphatic rings. The zero-order valence-electron chi connectivity index (χ0n) is 20.6. The van der Waals surface area contributed by atoms with E-state index in [-0.39, 0.29) is 17.1 Å². The summed E-state index contributed by atoms with van der Waals surface area (Å²) in [4.78, 5) is 37.5. The van der Waals surface area contributed by atoms with Gasteiger partial charge >= 0.3 is 0 Å². The zero-order chi connectivity index (χ0) is 27.5. The zero-order valence-corrected chi connectivity index (χ0v) is 23.0. The van der Waals surface area contributed by atoms with Crippen LogP contribution in [0.4, 0.5) is 10.5 Å². The molecular weight excluding hydrogens is 584 g/mol. The molecule has 1 saturated heterocycles. The Morgan fingerprint density at radius 3 is 2.56 bits per heavy atom. The van der Waals surface area contributed by atoms with Gasteiger partial charge in [-0.25, -0.2) is 0 Å². The summed E-state index contributed by atoms with van der Waals surface area (Å²) in [5, 5.41) is 12.9. The molecule has 39 heavy (non-hydrogen) atoms. The molecule has 2 amide bonds. The number of thioether (sulfide) groups is 1. The first-order valence-electron chi connectivity index (χ1n) is 11.8. The maximum atomic E-state index is 13.1. The van der Waals surface area contributed by atoms with Crippen molar-refractivity contribution in [2.45, 2.75) is 13.2 Å². The number of imide groups is 1. The minimum Gasteiger partial charge on any atom is -0.493 e. The van der Waals surface area contributed by atoms with Gasteiger partial charge in [0.25, 0.3) is 16.8 Å². The number of halogens is 1. The first-order valence-corrected chi connectivity index (χ1v) is 13.4. The lowest BCUT2D eigenvalue weighted by Crippen LogP contribution is -2.27. The van der Waals surface area contributed by atoms with Crippen molar-refractivity contribution in [3.8, 4) is 11.5 Å². The minimum absolute atomic E-state index is 0.0604. The fraction of sp³-hybridized carbons (Fsp3) is 0.103. The summed E-state index contributed by atoms with van der Waals surface area (Å²) in [6, 6.07) is 23.5. The normalized spacial score (nSPS) is 14.3. The summed E-state index contributed by atoms with van der Waals surface area (Å²) < 4.78 is 12.3. The summed E-state index contributed by atoms with van der Waals surface area (Å²) in [6.07, 6.45) is 1.61. The molecule has 10 heteroatoms. The second-order valence-electron chi connectivity index (χ2n) is 8.65. The molecule has 8 nitrogen and oxygen atoms in total. The van der Waals surface area contributed by atoms with Crippen molar-refractivity contribution in [1.82, 2.24) is 4.90 Å². The number of nitrogens with zero attached hydrogens (tertiary/aromatic N) is 2. The molecule has 0 aliphatic carbocycles. The summed E-state index contributed by atoms with van der Waals surface area (Å²) in [5.41, 5.74) is 2.05. The molecule has 5 rings (SSSR count). The van der Waals surface area contributed by atoms with E-state index in [0.717, 1.165) is 33.0 Å². The van der Waals surface area contributed by atoms with E-state index in [1.807, 2.05) is 24.3 Å². The number of carbonyl (C=O) groups excluding carboxylic acids is 2. The lowest BCUT2D eigenvalue weighted by atomic mass is 10.1. The number of methoxy groups -OCH3 is 1. The van der Waals surface area contributed by atoms with E-state index in [1.54, 1.807) is 24.3 Å². The Morgan fingerprint density at radius 1 is 1.00 bits per heavy atom. The van der Waals surface area contributed by atoms with Gasteiger partial charge in [-0.2, -0.15) is 0 Å². The Labute approximate surface area is 236 Å². The largest absolute Gasteiger partial charge is 0.493 e. The van der Waals surface area contributed by atoms with Crippen molar-refractivity contribution in [1.29, 1.82) is 0 Å². The van der Waals surface area contributed by atoms with Crippen molar-refractivity contribution in [2.24, 2.45) is 0 Å². The summed E-state index contributed by atoms with van der Waals surface area (Å²) in [6.45, 7) is 0.273. The van der Waals surface area contributed by atoms with E-state index in [4.69, 9.17) is 9.47 Å². The lowest BCUT2D eigenvalue weighted by Gasteiger charge is -2.14. The van der Waals surface area contributed by atoms with Crippen molar-refractivity contribution < 1.29 is 24.0 Å². The standard InChI is InChI=1S/C29H21BrN2O6S/c1-37-25-13-21(24(30)15-26(25)38-17-20-9-5-8-19-7-2-3-11-23(19)20)14-27-28(33)31(29(34)39-27)16-18-6-4-10-22(12-18)32(35)36/h2-15H,16-17H2,1H3/b27-14+. The average Bonchev–Trinajstić information content (AvgIpc) is 3.20. The smallest absolute Gasteiger partial charge is 0.293 e. The van der Waals surface area contributed by atoms with E-state index in [0.29, 0.717) is 33.7 Å². The molecular formula is C29H21BrN2O6S. The number of hydrogen-bond acceptors (Lipinski definition) is 7. The third-order valence-corrected chi connectivity index (χ3v) is 7.76. The fourth-order valence-corrected chi connectivity index (χ4v) is 5.50. The number of benzene rings is 4. The average molecular weight is 605 g/mol. The van der Waals surface area contributed by atoms with Crippen LogP contribution in [0.15, 0.2) is 88.2 Å². The van der Waals surface area contributed by atoms with Gasteiger partial charge in [-0.15, -0.1) is 0 Å². The lowest BCUT2D eigenvalue weighted by molar-refractivity contribution is -0.384. The molecule has 0 radical (unpaired) electrons. The van der Waals surface area contributed by atoms with Crippen molar-refractivity contribution in [2.75, 3.05) is 7.11 Å². The predicted molar refractivity (Wildman–Crippen MR) is 154 cm³/mol. The van der Waals surface area contributed by atoms with Crippen LogP contribution in [0, 0.1) is 10.1 Å². The predicted octanol–water partition coefficient (Wildman–Crippen LogP) is 7.33. The molecule has 1 heterocycles. The number of non-ortho nitro benzene ring substituents is 1. The van der Waals surface area contributed by atoms with Crippen LogP contribution < -0.4 is 9.47 Å². The van der Waals surface area contributed by atoms with Crippen molar-refractivity contribution in [3.05, 3.63) is 115 Å². The first kappa shape index (κ1) is 26.5. The highest BCUT2D eigenvalue weighted by molar-refractivity contribution is 9.10. The molecule has 0 unspecified atom stereocenters. The van der Waals surface area contributed by atoms with Gasteiger partial charge in [0, 0.05) is 16.6 Å². The van der Waals surface area contributed by atoms with Crippen LogP contribution in [0.1, 0.15) is 16.7 Å². The summed E-state index contributed by atoms with van der Waals surface area (Å²) in [5.74, 6) is 0.521. The highest BCUT2D eigenvalue weighted by Crippen LogP contribution is 2.39. The number of hydrogen-bond donors (Lipinski definition) is 0. The van der Waals surface area contributed by atoms with Crippen molar-refractivity contribution >= 4 is 61.4 Å². The molecule has 0 bridgehead atoms. The van der Waals surface area contributed by atoms with Crippen LogP contribution in [-0.2, 0) is 17.9 Å². The van der Waals surface area contributed by atoms with Crippen LogP contribution >= 0.6 is 27.7 Å². The highest BCUT2D eigenvalue weighted by Gasteiger charge is 2.35. The number of ether oxygens (including phenoxy) is 2. The monoisotopic (exact) mass is 604 g/mol. The van der Waals surface area contributed by atoms with Gasteiger partial charge in [-0.05, 0) is 57.4 Å². The van der Waals surface area contributed by atoms with Gasteiger partial charge < -0.3 is 9.47 Å². The second-order valence-corrected chi connectivity index (χ2v) is 10.5. The van der Waals surface area contributed by atoms with Gasteiger partial charge in [-0.3, -0.25) is 24.6 Å². The Hall–Kier alpha value is -4.15. The van der Waals surface area contributed by atoms with Crippen LogP contribution in [0.3, 0.4) is 0 Å². The third kappa shape index (κ3) is 5.67. The van der Waals surface area contributed by atoms with Crippen LogP contribution in [0.25, 0.3) is 16.8 Å². The van der Waals surface area contributed by atoms with Gasteiger partial charge in [0.15, 0.2) is 11.5 Å². The summed E-state index contributed by atoms with van der Waals surface area (Å²) >= 11 is 4.36. The van der Waals surface area contributed by atoms with Crippen LogP contribution in [0.2, 0.25) is 0 Å². The molecule has 0 atom stereocenters. The number of fused-ring (bicyclic) bond motifs is 1. The Morgan fingerprint density at radius 2 is 1.77 bits per heavy atom. The van der Waals surface area contributed by atoms with Gasteiger partial charge in [-0.1, -0.05) is 70.5 Å². The molecule has 196 valence electrons. The minimum atomic E-state index is -0.516. The number of nitro benzene ring substituents is 1. The first-order chi connectivity index (χ1) is 18.8. The SMILES string of the molecule is COc1cc(/C=C2/SC(=O)N(Cc3cccc([N+](=O)[O-])c3)C2=O)c(Br)cc1OCc1cccc2ccccc12. The molecule has 4 aromatic rings. The van der Waals surface area contributed by atoms with Crippen LogP contribution in [0.5, 0.6) is 11.5 Å². The van der Waals surface area contributed by atoms with Crippen molar-refractivity contribution in [3.63, 3.8) is 0 Å². The third-order valence-electron chi connectivity index (χ3n) is 6.17. The molecule has 1 fully saturated rings. The highest BCUT2D eigenvalue weighted by atomic mass is 79.9. The molecule has 4 aromatic carbocycles. The Bertz CT molecular complexity index is 1650. The van der Waals surface area contributed by atoms with E-state index in [2.05, 4.69) is 34.1 Å². The van der Waals surface area contributed by atoms with Gasteiger partial charge in [0.2, 0.25) is 0 Å². The fourth-order valence-electron chi connectivity index (χ4n) is 4.24. The topological polar surface area (TPSA) is 99.0 Å². The molecule has 0 aromatic heterocycles. The van der Waals surface area contributed by atoms with E-state index in [9.17, 15) is 19.7 Å². The Kier molecular flexibility index (Phi) is 7.67. The number of rotatable bonds is 8. The molecule has 0 saturated carbocycles. The second kappa shape index (κ2) is 11.3. The molecule has 1 aliphatic heterocycles. The van der Waals surface area contributed by atoms with Crippen LogP contribution in [-0.4, -0.2) is 28.1 Å². The number of nitro groups is 1. The van der Waals surface area contributed by atoms with Gasteiger partial charge in [0.1, 0.15) is 6.61 Å².